The van der Waals surface area contributed by atoms with Crippen molar-refractivity contribution in [2.75, 3.05) is 7.11 Å². The van der Waals surface area contributed by atoms with Gasteiger partial charge in [-0.3, -0.25) is 0 Å². The Hall–Kier alpha value is -2.12. The molecule has 115 valence electrons. The molecule has 22 heavy (non-hydrogen) atoms. The molecule has 0 heterocycles. The van der Waals surface area contributed by atoms with E-state index in [-0.39, 0.29) is 5.75 Å². The van der Waals surface area contributed by atoms with Gasteiger partial charge in [0, 0.05) is 5.56 Å². The van der Waals surface area contributed by atoms with E-state index in [9.17, 15) is 26.3 Å². The van der Waals surface area contributed by atoms with Crippen molar-refractivity contribution in [1.82, 2.24) is 0 Å². The van der Waals surface area contributed by atoms with Gasteiger partial charge in [0.2, 0.25) is 7.28 Å². The first kappa shape index (κ1) is 16.3. The molecule has 1 nitrogen and oxygen atoms in total. The Balaban J connectivity index is 2.63. The van der Waals surface area contributed by atoms with E-state index in [2.05, 4.69) is 4.74 Å². The van der Waals surface area contributed by atoms with Crippen molar-refractivity contribution in [3.8, 4) is 5.75 Å². The summed E-state index contributed by atoms with van der Waals surface area (Å²) >= 11 is 0. The Labute approximate surface area is 122 Å². The number of methoxy groups -OCH3 is 1. The highest BCUT2D eigenvalue weighted by Gasteiger charge is 2.26. The Kier molecular flexibility index (Phi) is 4.39. The molecule has 0 spiro atoms. The van der Waals surface area contributed by atoms with Gasteiger partial charge in [-0.05, 0) is 30.0 Å². The van der Waals surface area contributed by atoms with E-state index in [4.69, 9.17) is 0 Å². The average molecular weight is 317 g/mol. The highest BCUT2D eigenvalue weighted by atomic mass is 19.2. The molecular weight excluding hydrogens is 309 g/mol. The summed E-state index contributed by atoms with van der Waals surface area (Å²) in [7, 11) is 1.45. The molecule has 0 bridgehead atoms. The molecule has 0 amide bonds. The maximum Gasteiger partial charge on any atom is 0.207 e. The Morgan fingerprint density at radius 2 is 1.32 bits per heavy atom. The third-order valence-electron chi connectivity index (χ3n) is 3.12. The average Bonchev–Trinajstić information content (AvgIpc) is 2.50. The lowest BCUT2D eigenvalue weighted by atomic mass is 9.62. The van der Waals surface area contributed by atoms with Gasteiger partial charge in [0.25, 0.3) is 0 Å². The molecule has 2 aromatic carbocycles. The standard InChI is InChI=1S/C14H8BF6O/c1-5-10(17)13(20)9(14(21)11(5)18)15-8-6(16)3-4-7(22-2)12(8)19/h3-4H,1-2H3. The van der Waals surface area contributed by atoms with E-state index in [0.717, 1.165) is 26.2 Å². The summed E-state index contributed by atoms with van der Waals surface area (Å²) in [6, 6.07) is 1.76. The van der Waals surface area contributed by atoms with Crippen LogP contribution in [0.15, 0.2) is 12.1 Å². The van der Waals surface area contributed by atoms with Crippen LogP contribution in [0.1, 0.15) is 5.56 Å². The topological polar surface area (TPSA) is 9.23 Å². The number of halogens is 6. The monoisotopic (exact) mass is 317 g/mol. The predicted molar refractivity (Wildman–Crippen MR) is 68.9 cm³/mol. The van der Waals surface area contributed by atoms with Crippen LogP contribution in [-0.2, 0) is 0 Å². The van der Waals surface area contributed by atoms with Gasteiger partial charge in [-0.1, -0.05) is 0 Å². The lowest BCUT2D eigenvalue weighted by molar-refractivity contribution is 0.386. The second-order valence-electron chi connectivity index (χ2n) is 4.42. The molecule has 0 saturated heterocycles. The third-order valence-corrected chi connectivity index (χ3v) is 3.12. The molecule has 0 aliphatic heterocycles. The Morgan fingerprint density at radius 3 is 1.82 bits per heavy atom. The van der Waals surface area contributed by atoms with Gasteiger partial charge in [-0.2, -0.15) is 0 Å². The minimum atomic E-state index is -1.74. The Morgan fingerprint density at radius 1 is 0.773 bits per heavy atom. The fraction of sp³-hybridized carbons (Fsp3) is 0.143. The molecule has 2 rings (SSSR count). The summed E-state index contributed by atoms with van der Waals surface area (Å²) in [4.78, 5) is 0. The van der Waals surface area contributed by atoms with Crippen LogP contribution in [0.3, 0.4) is 0 Å². The van der Waals surface area contributed by atoms with Crippen molar-refractivity contribution in [3.63, 3.8) is 0 Å². The fourth-order valence-electron chi connectivity index (χ4n) is 1.87. The van der Waals surface area contributed by atoms with Crippen molar-refractivity contribution in [1.29, 1.82) is 0 Å². The fourth-order valence-corrected chi connectivity index (χ4v) is 1.87. The Bertz CT molecular complexity index is 718. The van der Waals surface area contributed by atoms with Gasteiger partial charge in [0.1, 0.15) is 5.82 Å². The zero-order valence-corrected chi connectivity index (χ0v) is 11.4. The number of benzene rings is 2. The lowest BCUT2D eigenvalue weighted by Gasteiger charge is -2.11. The zero-order valence-electron chi connectivity index (χ0n) is 11.4. The van der Waals surface area contributed by atoms with E-state index in [0.29, 0.717) is 7.28 Å². The zero-order chi connectivity index (χ0) is 16.6. The van der Waals surface area contributed by atoms with Crippen molar-refractivity contribution < 1.29 is 31.1 Å². The van der Waals surface area contributed by atoms with Crippen molar-refractivity contribution in [2.24, 2.45) is 0 Å². The highest BCUT2D eigenvalue weighted by molar-refractivity contribution is 6.67. The van der Waals surface area contributed by atoms with Crippen LogP contribution in [0.25, 0.3) is 0 Å². The third kappa shape index (κ3) is 2.53. The molecule has 1 radical (unpaired) electrons. The number of ether oxygens (including phenoxy) is 1. The first-order chi connectivity index (χ1) is 10.3. The van der Waals surface area contributed by atoms with Gasteiger partial charge >= 0.3 is 0 Å². The molecule has 0 saturated carbocycles. The number of hydrogen-bond acceptors (Lipinski definition) is 1. The summed E-state index contributed by atoms with van der Waals surface area (Å²) in [5, 5.41) is 0. The van der Waals surface area contributed by atoms with Gasteiger partial charge < -0.3 is 4.74 Å². The highest BCUT2D eigenvalue weighted by Crippen LogP contribution is 2.18. The quantitative estimate of drug-likeness (QED) is 0.480. The largest absolute Gasteiger partial charge is 0.494 e. The second-order valence-corrected chi connectivity index (χ2v) is 4.42. The van der Waals surface area contributed by atoms with Gasteiger partial charge in [0.15, 0.2) is 34.8 Å². The SMILES string of the molecule is COc1ccc(F)c([B]c2c(F)c(F)c(C)c(F)c2F)c1F. The van der Waals surface area contributed by atoms with E-state index in [1.54, 1.807) is 0 Å². The van der Waals surface area contributed by atoms with Gasteiger partial charge in [-0.25, -0.2) is 26.3 Å². The van der Waals surface area contributed by atoms with Crippen LogP contribution >= 0.6 is 0 Å². The predicted octanol–water partition coefficient (Wildman–Crippen LogP) is 2.49. The summed E-state index contributed by atoms with van der Waals surface area (Å²) in [6.45, 7) is 0.841. The first-order valence-corrected chi connectivity index (χ1v) is 5.98. The summed E-state index contributed by atoms with van der Waals surface area (Å²) in [5.74, 6) is -9.54. The summed E-state index contributed by atoms with van der Waals surface area (Å²) < 4.78 is 86.6. The number of hydrogen-bond donors (Lipinski definition) is 0. The lowest BCUT2D eigenvalue weighted by Crippen LogP contribution is -2.38. The summed E-state index contributed by atoms with van der Waals surface area (Å²) in [5.41, 5.74) is -2.95. The molecule has 0 fully saturated rings. The van der Waals surface area contributed by atoms with E-state index in [1.165, 1.54) is 0 Å². The molecule has 0 aliphatic rings. The molecular formula is C14H8BF6O. The second kappa shape index (κ2) is 5.94. The minimum absolute atomic E-state index is 0.351. The van der Waals surface area contributed by atoms with Crippen LogP contribution in [0.5, 0.6) is 5.75 Å². The van der Waals surface area contributed by atoms with Crippen molar-refractivity contribution >= 4 is 18.2 Å². The molecule has 0 unspecified atom stereocenters. The van der Waals surface area contributed by atoms with Crippen LogP contribution in [0, 0.1) is 41.8 Å². The van der Waals surface area contributed by atoms with Crippen molar-refractivity contribution in [3.05, 3.63) is 52.6 Å². The molecule has 0 aliphatic carbocycles. The van der Waals surface area contributed by atoms with Crippen LogP contribution in [-0.4, -0.2) is 14.4 Å². The molecule has 0 N–H and O–H groups in total. The molecule has 0 aromatic heterocycles. The van der Waals surface area contributed by atoms with Crippen LogP contribution in [0.4, 0.5) is 26.3 Å². The van der Waals surface area contributed by atoms with Crippen LogP contribution in [0.2, 0.25) is 0 Å². The summed E-state index contributed by atoms with van der Waals surface area (Å²) in [6.07, 6.45) is 0. The molecule has 8 heteroatoms. The first-order valence-electron chi connectivity index (χ1n) is 5.98. The van der Waals surface area contributed by atoms with E-state index < -0.39 is 51.4 Å². The normalized spacial score (nSPS) is 10.7. The maximum atomic E-state index is 13.9. The van der Waals surface area contributed by atoms with E-state index in [1.807, 2.05) is 0 Å². The smallest absolute Gasteiger partial charge is 0.207 e. The van der Waals surface area contributed by atoms with Crippen molar-refractivity contribution in [2.45, 2.75) is 6.92 Å². The van der Waals surface area contributed by atoms with Crippen LogP contribution < -0.4 is 15.7 Å². The van der Waals surface area contributed by atoms with Gasteiger partial charge in [-0.15, -0.1) is 0 Å². The van der Waals surface area contributed by atoms with Gasteiger partial charge in [0.05, 0.1) is 7.11 Å². The molecule has 0 atom stereocenters. The minimum Gasteiger partial charge on any atom is -0.494 e. The number of rotatable bonds is 3. The maximum absolute atomic E-state index is 13.9. The molecule has 2 aromatic rings. The van der Waals surface area contributed by atoms with E-state index >= 15 is 0 Å².